The minimum Gasteiger partial charge on any atom is -0.478 e. The molecule has 7 heteroatoms. The van der Waals surface area contributed by atoms with Crippen LogP contribution in [0.2, 0.25) is 0 Å². The fourth-order valence-electron chi connectivity index (χ4n) is 1.98. The Bertz CT molecular complexity index is 793. The molecule has 108 valence electrons. The molecule has 0 aromatic carbocycles. The number of anilines is 1. The monoisotopic (exact) mass is 302 g/mol. The van der Waals surface area contributed by atoms with Crippen LogP contribution in [0.25, 0.3) is 11.0 Å². The molecule has 0 bridgehead atoms. The van der Waals surface area contributed by atoms with E-state index < -0.39 is 0 Å². The number of pyridine rings is 1. The molecular formula is C14H14N4O2S. The number of amides is 1. The highest BCUT2D eigenvalue weighted by atomic mass is 32.1. The Morgan fingerprint density at radius 2 is 2.33 bits per heavy atom. The molecule has 6 nitrogen and oxygen atoms in total. The third-order valence-corrected chi connectivity index (χ3v) is 3.69. The predicted molar refractivity (Wildman–Crippen MR) is 82.1 cm³/mol. The van der Waals surface area contributed by atoms with Crippen molar-refractivity contribution in [3.63, 3.8) is 0 Å². The fourth-order valence-corrected chi connectivity index (χ4v) is 2.64. The number of ether oxygens (including phenoxy) is 1. The third-order valence-electron chi connectivity index (χ3n) is 2.90. The normalized spacial score (nSPS) is 10.8. The molecule has 0 saturated heterocycles. The van der Waals surface area contributed by atoms with Crippen molar-refractivity contribution in [2.24, 2.45) is 0 Å². The lowest BCUT2D eigenvalue weighted by Gasteiger charge is -2.03. The van der Waals surface area contributed by atoms with Gasteiger partial charge in [0, 0.05) is 12.3 Å². The lowest BCUT2D eigenvalue weighted by Crippen LogP contribution is -2.10. The van der Waals surface area contributed by atoms with Crippen LogP contribution in [0.15, 0.2) is 24.4 Å². The van der Waals surface area contributed by atoms with E-state index in [0.717, 1.165) is 11.2 Å². The van der Waals surface area contributed by atoms with E-state index in [1.54, 1.807) is 12.3 Å². The van der Waals surface area contributed by atoms with Crippen LogP contribution in [0.3, 0.4) is 0 Å². The molecule has 0 unspecified atom stereocenters. The average Bonchev–Trinajstić information content (AvgIpc) is 3.05. The Balaban J connectivity index is 1.91. The van der Waals surface area contributed by atoms with Crippen LogP contribution >= 0.6 is 11.5 Å². The summed E-state index contributed by atoms with van der Waals surface area (Å²) in [6.07, 6.45) is 1.65. The summed E-state index contributed by atoms with van der Waals surface area (Å²) in [5.41, 5.74) is 2.76. The highest BCUT2D eigenvalue weighted by molar-refractivity contribution is 7.10. The Labute approximate surface area is 125 Å². The number of aromatic amines is 1. The lowest BCUT2D eigenvalue weighted by atomic mass is 10.2. The zero-order valence-electron chi connectivity index (χ0n) is 11.6. The number of H-pyrrole nitrogens is 1. The summed E-state index contributed by atoms with van der Waals surface area (Å²) < 4.78 is 9.51. The lowest BCUT2D eigenvalue weighted by molar-refractivity contribution is 0.102. The maximum Gasteiger partial charge on any atom is 0.260 e. The van der Waals surface area contributed by atoms with Crippen molar-refractivity contribution in [1.82, 2.24) is 14.3 Å². The van der Waals surface area contributed by atoms with Crippen molar-refractivity contribution < 1.29 is 9.53 Å². The van der Waals surface area contributed by atoms with Crippen LogP contribution in [-0.4, -0.2) is 26.9 Å². The Morgan fingerprint density at radius 3 is 3.05 bits per heavy atom. The smallest absolute Gasteiger partial charge is 0.260 e. The number of aryl methyl sites for hydroxylation is 1. The van der Waals surface area contributed by atoms with E-state index in [9.17, 15) is 4.79 Å². The minimum atomic E-state index is -0.217. The minimum absolute atomic E-state index is 0.217. The first-order chi connectivity index (χ1) is 10.2. The van der Waals surface area contributed by atoms with Gasteiger partial charge in [0.15, 0.2) is 0 Å². The van der Waals surface area contributed by atoms with E-state index in [1.807, 2.05) is 26.0 Å². The van der Waals surface area contributed by atoms with Crippen molar-refractivity contribution >= 4 is 33.5 Å². The first-order valence-corrected chi connectivity index (χ1v) is 7.30. The number of nitrogens with zero attached hydrogens (tertiary/aromatic N) is 2. The molecule has 0 aliphatic carbocycles. The van der Waals surface area contributed by atoms with Gasteiger partial charge in [0.2, 0.25) is 5.88 Å². The number of fused-ring (bicyclic) bond motifs is 1. The van der Waals surface area contributed by atoms with Crippen LogP contribution in [0.5, 0.6) is 5.88 Å². The largest absolute Gasteiger partial charge is 0.478 e. The van der Waals surface area contributed by atoms with Crippen molar-refractivity contribution in [2.75, 3.05) is 11.9 Å². The number of carbonyl (C=O) groups is 1. The summed E-state index contributed by atoms with van der Waals surface area (Å²) in [7, 11) is 0. The third kappa shape index (κ3) is 2.73. The molecule has 1 amide bonds. The molecule has 0 spiro atoms. The van der Waals surface area contributed by atoms with Gasteiger partial charge in [0.05, 0.1) is 23.4 Å². The van der Waals surface area contributed by atoms with Crippen LogP contribution < -0.4 is 10.1 Å². The van der Waals surface area contributed by atoms with E-state index in [2.05, 4.69) is 19.7 Å². The van der Waals surface area contributed by atoms with Crippen molar-refractivity contribution in [3.05, 3.63) is 35.7 Å². The summed E-state index contributed by atoms with van der Waals surface area (Å²) in [6, 6.07) is 5.45. The van der Waals surface area contributed by atoms with Crippen molar-refractivity contribution in [3.8, 4) is 5.88 Å². The van der Waals surface area contributed by atoms with Crippen LogP contribution in [0, 0.1) is 6.92 Å². The van der Waals surface area contributed by atoms with Crippen LogP contribution in [-0.2, 0) is 0 Å². The summed E-state index contributed by atoms with van der Waals surface area (Å²) in [5.74, 6) is 0.290. The van der Waals surface area contributed by atoms with E-state index in [1.165, 1.54) is 11.5 Å². The van der Waals surface area contributed by atoms with E-state index in [-0.39, 0.29) is 5.91 Å². The van der Waals surface area contributed by atoms with Crippen molar-refractivity contribution in [1.29, 1.82) is 0 Å². The Hall–Kier alpha value is -2.41. The predicted octanol–water partition coefficient (Wildman–Crippen LogP) is 2.98. The van der Waals surface area contributed by atoms with Gasteiger partial charge in [-0.25, -0.2) is 4.98 Å². The molecule has 0 atom stereocenters. The quantitative estimate of drug-likeness (QED) is 0.776. The zero-order chi connectivity index (χ0) is 14.8. The molecule has 3 heterocycles. The Morgan fingerprint density at radius 1 is 1.48 bits per heavy atom. The Kier molecular flexibility index (Phi) is 3.57. The maximum atomic E-state index is 12.3. The highest BCUT2D eigenvalue weighted by Crippen LogP contribution is 2.22. The second-order valence-corrected chi connectivity index (χ2v) is 5.27. The molecule has 0 saturated carbocycles. The first kappa shape index (κ1) is 13.6. The molecule has 3 aromatic heterocycles. The standard InChI is InChI=1S/C14H14N4O2S/c1-3-20-11-5-4-10-13(16-11)9(7-15-10)14(19)17-12-6-8(2)18-21-12/h4-7,15H,3H2,1-2H3,(H,17,19). The molecule has 0 radical (unpaired) electrons. The van der Waals surface area contributed by atoms with E-state index in [4.69, 9.17) is 4.74 Å². The van der Waals surface area contributed by atoms with Gasteiger partial charge in [0.25, 0.3) is 5.91 Å². The average molecular weight is 302 g/mol. The van der Waals surface area contributed by atoms with Gasteiger partial charge in [-0.2, -0.15) is 4.37 Å². The molecule has 0 aliphatic rings. The maximum absolute atomic E-state index is 12.3. The second-order valence-electron chi connectivity index (χ2n) is 4.47. The zero-order valence-corrected chi connectivity index (χ0v) is 12.5. The van der Waals surface area contributed by atoms with Gasteiger partial charge in [-0.1, -0.05) is 0 Å². The van der Waals surface area contributed by atoms with Crippen LogP contribution in [0.1, 0.15) is 23.0 Å². The molecule has 3 rings (SSSR count). The van der Waals surface area contributed by atoms with Gasteiger partial charge < -0.3 is 15.0 Å². The number of hydrogen-bond donors (Lipinski definition) is 2. The highest BCUT2D eigenvalue weighted by Gasteiger charge is 2.15. The van der Waals surface area contributed by atoms with Gasteiger partial charge >= 0.3 is 0 Å². The molecule has 21 heavy (non-hydrogen) atoms. The number of aromatic nitrogens is 3. The number of hydrogen-bond acceptors (Lipinski definition) is 5. The second kappa shape index (κ2) is 5.53. The summed E-state index contributed by atoms with van der Waals surface area (Å²) in [4.78, 5) is 19.7. The first-order valence-electron chi connectivity index (χ1n) is 6.53. The van der Waals surface area contributed by atoms with Crippen LogP contribution in [0.4, 0.5) is 5.00 Å². The van der Waals surface area contributed by atoms with E-state index >= 15 is 0 Å². The molecule has 0 fully saturated rings. The topological polar surface area (TPSA) is 79.9 Å². The summed E-state index contributed by atoms with van der Waals surface area (Å²) in [5, 5.41) is 3.54. The molecule has 3 aromatic rings. The van der Waals surface area contributed by atoms with E-state index in [0.29, 0.717) is 28.6 Å². The van der Waals surface area contributed by atoms with Gasteiger partial charge in [-0.3, -0.25) is 4.79 Å². The summed E-state index contributed by atoms with van der Waals surface area (Å²) >= 11 is 1.25. The molecule has 2 N–H and O–H groups in total. The van der Waals surface area contributed by atoms with Gasteiger partial charge in [-0.15, -0.1) is 0 Å². The summed E-state index contributed by atoms with van der Waals surface area (Å²) in [6.45, 7) is 4.31. The fraction of sp³-hybridized carbons (Fsp3) is 0.214. The molecule has 0 aliphatic heterocycles. The SMILES string of the molecule is CCOc1ccc2[nH]cc(C(=O)Nc3cc(C)ns3)c2n1. The van der Waals surface area contributed by atoms with Crippen molar-refractivity contribution in [2.45, 2.75) is 13.8 Å². The van der Waals surface area contributed by atoms with Gasteiger partial charge in [0.1, 0.15) is 10.5 Å². The number of carbonyl (C=O) groups excluding carboxylic acids is 1. The van der Waals surface area contributed by atoms with Gasteiger partial charge in [-0.05, 0) is 37.5 Å². The number of nitrogens with one attached hydrogen (secondary N) is 2. The molecular weight excluding hydrogens is 288 g/mol. The number of rotatable bonds is 4.